The number of carbonyl (C=O) groups excluding carboxylic acids is 2. The van der Waals surface area contributed by atoms with Gasteiger partial charge in [-0.15, -0.1) is 12.3 Å². The van der Waals surface area contributed by atoms with Crippen molar-refractivity contribution in [1.29, 1.82) is 0 Å². The summed E-state index contributed by atoms with van der Waals surface area (Å²) in [5, 5.41) is 7.94. The van der Waals surface area contributed by atoms with E-state index in [9.17, 15) is 14.4 Å². The number of hydrogen-bond acceptors (Lipinski definition) is 3. The van der Waals surface area contributed by atoms with Crippen LogP contribution in [-0.2, 0) is 9.59 Å². The predicted molar refractivity (Wildman–Crippen MR) is 178 cm³/mol. The molecule has 42 heavy (non-hydrogen) atoms. The molecule has 226 valence electrons. The molecule has 0 bridgehead atoms. The minimum atomic E-state index is -3.18. The fourth-order valence-corrected chi connectivity index (χ4v) is 9.27. The van der Waals surface area contributed by atoms with Crippen molar-refractivity contribution < 1.29 is 14.4 Å². The monoisotopic (exact) mass is 606 g/mol. The quantitative estimate of drug-likeness (QED) is 0.182. The normalized spacial score (nSPS) is 14.2. The maximum Gasteiger partial charge on any atom is 0.258 e. The number of benzene rings is 2. The number of allylic oxidation sites excluding steroid dienone is 3. The third-order valence-electron chi connectivity index (χ3n) is 7.64. The van der Waals surface area contributed by atoms with E-state index in [-0.39, 0.29) is 24.2 Å². The molecule has 0 aromatic heterocycles. The zero-order chi connectivity index (χ0) is 31.4. The molecule has 2 atom stereocenters. The molecule has 2 aromatic rings. The van der Waals surface area contributed by atoms with Crippen LogP contribution >= 0.6 is 11.6 Å². The average molecular weight is 607 g/mol. The lowest BCUT2D eigenvalue weighted by atomic mass is 9.86. The van der Waals surface area contributed by atoms with E-state index in [1.165, 1.54) is 0 Å². The van der Waals surface area contributed by atoms with E-state index in [0.717, 1.165) is 28.2 Å². The van der Waals surface area contributed by atoms with Gasteiger partial charge in [-0.25, -0.2) is 0 Å². The van der Waals surface area contributed by atoms with E-state index in [1.807, 2.05) is 101 Å². The van der Waals surface area contributed by atoms with Gasteiger partial charge in [0.15, 0.2) is 0 Å². The summed E-state index contributed by atoms with van der Waals surface area (Å²) in [6, 6.07) is 19.3. The van der Waals surface area contributed by atoms with Gasteiger partial charge < -0.3 is 15.4 Å². The third-order valence-corrected chi connectivity index (χ3v) is 12.3. The molecule has 0 aliphatic rings. The first kappa shape index (κ1) is 35.1. The smallest absolute Gasteiger partial charge is 0.258 e. The van der Waals surface area contributed by atoms with Crippen LogP contribution < -0.4 is 21.0 Å². The first-order chi connectivity index (χ1) is 19.7. The fraction of sp³-hybridized carbons (Fsp3) is 0.429. The first-order valence-electron chi connectivity index (χ1n) is 14.6. The lowest BCUT2D eigenvalue weighted by Gasteiger charge is -2.43. The number of rotatable bonds is 14. The summed E-state index contributed by atoms with van der Waals surface area (Å²) in [7, 11) is -3.18. The molecule has 5 nitrogen and oxygen atoms in total. The van der Waals surface area contributed by atoms with Crippen LogP contribution in [0.5, 0.6) is 0 Å². The van der Waals surface area contributed by atoms with Gasteiger partial charge in [-0.2, -0.15) is 0 Å². The highest BCUT2D eigenvalue weighted by Gasteiger charge is 2.50. The van der Waals surface area contributed by atoms with E-state index in [4.69, 9.17) is 18.0 Å². The molecule has 0 spiro atoms. The standard InChI is InChI=1S/C35H47ClN2O3Si/c1-8-9-22-31(39)38-32(34(3,4)5)33(40)37-25-16-17-28(24-23-27(2)36)26-35(6,7)42(41,29-18-12-10-13-19-29)30-20-14-11-15-21-30/h1,10-16,18-21,23,25,28,32,41H,9,17,22,24,26H2,2-7H3,(H,37,40)(H,38,39)/b25-16-,27-23+/t28-,32-/m1/s1. The predicted octanol–water partition coefficient (Wildman–Crippen LogP) is 6.02. The van der Waals surface area contributed by atoms with Gasteiger partial charge in [-0.1, -0.05) is 119 Å². The Morgan fingerprint density at radius 1 is 1.00 bits per heavy atom. The summed E-state index contributed by atoms with van der Waals surface area (Å²) < 4.78 is 0. The summed E-state index contributed by atoms with van der Waals surface area (Å²) in [5.41, 5.74) is -0.483. The largest absolute Gasteiger partial charge is 0.424 e. The number of halogens is 1. The highest BCUT2D eigenvalue weighted by Crippen LogP contribution is 2.43. The van der Waals surface area contributed by atoms with Crippen molar-refractivity contribution >= 4 is 42.1 Å². The molecule has 3 N–H and O–H groups in total. The van der Waals surface area contributed by atoms with Gasteiger partial charge in [0.05, 0.1) is 0 Å². The summed E-state index contributed by atoms with van der Waals surface area (Å²) in [4.78, 5) is 37.9. The van der Waals surface area contributed by atoms with Crippen LogP contribution in [0.2, 0.25) is 5.04 Å². The Balaban J connectivity index is 2.26. The minimum Gasteiger partial charge on any atom is -0.424 e. The molecule has 0 fully saturated rings. The molecule has 2 rings (SSSR count). The van der Waals surface area contributed by atoms with Gasteiger partial charge in [0.1, 0.15) is 6.04 Å². The Morgan fingerprint density at radius 2 is 1.55 bits per heavy atom. The summed E-state index contributed by atoms with van der Waals surface area (Å²) in [6.45, 7) is 11.9. The van der Waals surface area contributed by atoms with Crippen molar-refractivity contribution in [2.24, 2.45) is 11.3 Å². The molecule has 2 aromatic carbocycles. The van der Waals surface area contributed by atoms with Crippen LogP contribution in [0, 0.1) is 23.7 Å². The van der Waals surface area contributed by atoms with Gasteiger partial charge in [0.25, 0.3) is 8.32 Å². The van der Waals surface area contributed by atoms with Crippen molar-refractivity contribution in [3.8, 4) is 12.3 Å². The second kappa shape index (κ2) is 15.9. The molecule has 0 heterocycles. The van der Waals surface area contributed by atoms with Crippen molar-refractivity contribution in [3.63, 3.8) is 0 Å². The summed E-state index contributed by atoms with van der Waals surface area (Å²) >= 11 is 6.23. The van der Waals surface area contributed by atoms with E-state index in [0.29, 0.717) is 12.8 Å². The zero-order valence-electron chi connectivity index (χ0n) is 25.9. The molecule has 0 saturated carbocycles. The minimum absolute atomic E-state index is 0.162. The Bertz CT molecular complexity index is 1220. The number of hydrogen-bond donors (Lipinski definition) is 3. The summed E-state index contributed by atoms with van der Waals surface area (Å²) in [6.07, 6.45) is 13.6. The molecule has 0 unspecified atom stereocenters. The van der Waals surface area contributed by atoms with Gasteiger partial charge >= 0.3 is 0 Å². The molecule has 2 amide bonds. The van der Waals surface area contributed by atoms with Crippen LogP contribution in [0.25, 0.3) is 0 Å². The van der Waals surface area contributed by atoms with Gasteiger partial charge in [-0.3, -0.25) is 9.59 Å². The molecular formula is C35H47ClN2O3Si. The van der Waals surface area contributed by atoms with Crippen molar-refractivity contribution in [1.82, 2.24) is 10.6 Å². The van der Waals surface area contributed by atoms with Gasteiger partial charge in [-0.05, 0) is 59.1 Å². The number of amides is 2. The molecule has 0 aliphatic carbocycles. The number of carbonyl (C=O) groups is 2. The maximum atomic E-state index is 13.1. The highest BCUT2D eigenvalue weighted by atomic mass is 35.5. The number of nitrogens with one attached hydrogen (secondary N) is 2. The van der Waals surface area contributed by atoms with E-state index in [2.05, 4.69) is 30.4 Å². The third kappa shape index (κ3) is 10.0. The highest BCUT2D eigenvalue weighted by molar-refractivity contribution is 6.98. The maximum absolute atomic E-state index is 13.1. The van der Waals surface area contributed by atoms with Crippen LogP contribution in [0.4, 0.5) is 0 Å². The molecule has 7 heteroatoms. The SMILES string of the molecule is C#CCCC(=O)N[C@H](C(=O)N/C=C\C[C@H](C/C=C(\C)Cl)CC(C)(C)[Si](O)(c1ccccc1)c1ccccc1)C(C)(C)C. The second-order valence-electron chi connectivity index (χ2n) is 12.6. The van der Waals surface area contributed by atoms with Crippen molar-refractivity contribution in [3.05, 3.63) is 84.0 Å². The Kier molecular flexibility index (Phi) is 13.3. The Hall–Kier alpha value is -3.11. The average Bonchev–Trinajstić information content (AvgIpc) is 2.95. The Morgan fingerprint density at radius 3 is 2.02 bits per heavy atom. The number of terminal acetylenes is 1. The van der Waals surface area contributed by atoms with E-state index in [1.54, 1.807) is 6.20 Å². The zero-order valence-corrected chi connectivity index (χ0v) is 27.7. The van der Waals surface area contributed by atoms with Crippen molar-refractivity contribution in [2.45, 2.75) is 84.7 Å². The topological polar surface area (TPSA) is 78.4 Å². The Labute approximate surface area is 259 Å². The molecular weight excluding hydrogens is 560 g/mol. The van der Waals surface area contributed by atoms with Gasteiger partial charge in [0.2, 0.25) is 11.8 Å². The second-order valence-corrected chi connectivity index (χ2v) is 17.2. The first-order valence-corrected chi connectivity index (χ1v) is 16.9. The molecule has 0 saturated heterocycles. The van der Waals surface area contributed by atoms with Crippen LogP contribution in [0.15, 0.2) is 84.0 Å². The van der Waals surface area contributed by atoms with Gasteiger partial charge in [0, 0.05) is 17.9 Å². The lowest BCUT2D eigenvalue weighted by molar-refractivity contribution is -0.131. The van der Waals surface area contributed by atoms with E-state index >= 15 is 0 Å². The molecule has 0 aliphatic heterocycles. The van der Waals surface area contributed by atoms with Crippen LogP contribution in [0.1, 0.15) is 73.6 Å². The van der Waals surface area contributed by atoms with E-state index < -0.39 is 24.8 Å². The van der Waals surface area contributed by atoms with Crippen LogP contribution in [-0.4, -0.2) is 31.0 Å². The fourth-order valence-electron chi connectivity index (χ4n) is 5.35. The molecule has 0 radical (unpaired) electrons. The summed E-state index contributed by atoms with van der Waals surface area (Å²) in [5.74, 6) is 2.09. The van der Waals surface area contributed by atoms with Crippen molar-refractivity contribution in [2.75, 3.05) is 0 Å². The lowest BCUT2D eigenvalue weighted by Crippen LogP contribution is -2.65. The van der Waals surface area contributed by atoms with Crippen LogP contribution in [0.3, 0.4) is 0 Å².